The van der Waals surface area contributed by atoms with Crippen molar-refractivity contribution in [3.8, 4) is 0 Å². The van der Waals surface area contributed by atoms with Gasteiger partial charge in [0.25, 0.3) is 0 Å². The normalized spacial score (nSPS) is 18.1. The van der Waals surface area contributed by atoms with E-state index < -0.39 is 0 Å². The molecule has 1 aliphatic carbocycles. The highest BCUT2D eigenvalue weighted by Crippen LogP contribution is 2.41. The van der Waals surface area contributed by atoms with E-state index in [1.54, 1.807) is 0 Å². The Hall–Kier alpha value is -0.300. The molecule has 76 valence electrons. The quantitative estimate of drug-likeness (QED) is 0.694. The van der Waals surface area contributed by atoms with Crippen LogP contribution in [0, 0.1) is 5.92 Å². The third kappa shape index (κ3) is 2.60. The number of benzene rings is 1. The van der Waals surface area contributed by atoms with Crippen molar-refractivity contribution >= 4 is 15.9 Å². The Kier molecular flexibility index (Phi) is 3.27. The number of aryl methyl sites for hydroxylation is 1. The first-order valence-corrected chi connectivity index (χ1v) is 6.44. The lowest BCUT2D eigenvalue weighted by Crippen LogP contribution is -1.91. The van der Waals surface area contributed by atoms with Crippen molar-refractivity contribution in [2.45, 2.75) is 37.4 Å². The molecule has 14 heavy (non-hydrogen) atoms. The predicted octanol–water partition coefficient (Wildman–Crippen LogP) is 4.49. The van der Waals surface area contributed by atoms with E-state index in [-0.39, 0.29) is 0 Å². The molecule has 1 atom stereocenters. The molecule has 0 bridgehead atoms. The maximum atomic E-state index is 3.77. The molecule has 0 nitrogen and oxygen atoms in total. The minimum atomic E-state index is 0.570. The van der Waals surface area contributed by atoms with Crippen LogP contribution >= 0.6 is 15.9 Å². The van der Waals surface area contributed by atoms with Crippen LogP contribution in [-0.2, 0) is 6.42 Å². The highest BCUT2D eigenvalue weighted by atomic mass is 79.9. The van der Waals surface area contributed by atoms with Gasteiger partial charge in [-0.15, -0.1) is 0 Å². The van der Waals surface area contributed by atoms with Crippen LogP contribution in [-0.4, -0.2) is 0 Å². The number of hydrogen-bond acceptors (Lipinski definition) is 0. The molecule has 1 saturated carbocycles. The van der Waals surface area contributed by atoms with Crippen molar-refractivity contribution in [2.24, 2.45) is 5.92 Å². The van der Waals surface area contributed by atoms with Crippen molar-refractivity contribution in [1.29, 1.82) is 0 Å². The van der Waals surface area contributed by atoms with Crippen molar-refractivity contribution in [1.82, 2.24) is 0 Å². The summed E-state index contributed by atoms with van der Waals surface area (Å²) in [6.07, 6.45) is 5.33. The first-order chi connectivity index (χ1) is 6.79. The summed E-state index contributed by atoms with van der Waals surface area (Å²) < 4.78 is 0. The van der Waals surface area contributed by atoms with Crippen LogP contribution in [0.3, 0.4) is 0 Å². The summed E-state index contributed by atoms with van der Waals surface area (Å²) in [6, 6.07) is 9.02. The van der Waals surface area contributed by atoms with Crippen molar-refractivity contribution in [3.05, 3.63) is 35.4 Å². The van der Waals surface area contributed by atoms with E-state index in [0.717, 1.165) is 12.3 Å². The van der Waals surface area contributed by atoms with E-state index in [9.17, 15) is 0 Å². The summed E-state index contributed by atoms with van der Waals surface area (Å²) in [4.78, 5) is 0.570. The molecule has 2 rings (SSSR count). The summed E-state index contributed by atoms with van der Waals surface area (Å²) in [7, 11) is 0. The average Bonchev–Trinajstić information content (AvgIpc) is 3.02. The molecule has 0 aliphatic heterocycles. The topological polar surface area (TPSA) is 0 Å². The second-order valence-electron chi connectivity index (χ2n) is 4.24. The third-order valence-corrected chi connectivity index (χ3v) is 3.89. The summed E-state index contributed by atoms with van der Waals surface area (Å²) in [5, 5.41) is 0. The molecule has 1 aliphatic rings. The molecule has 1 unspecified atom stereocenters. The molecular weight excluding hydrogens is 236 g/mol. The molecule has 1 aromatic rings. The van der Waals surface area contributed by atoms with Crippen LogP contribution in [0.2, 0.25) is 0 Å². The Morgan fingerprint density at radius 3 is 2.43 bits per heavy atom. The van der Waals surface area contributed by atoms with Gasteiger partial charge in [0.15, 0.2) is 0 Å². The zero-order valence-electron chi connectivity index (χ0n) is 8.67. The molecule has 1 fully saturated rings. The lowest BCUT2D eigenvalue weighted by atomic mass is 10.0. The maximum Gasteiger partial charge on any atom is 0.0397 e. The number of halogens is 1. The second kappa shape index (κ2) is 4.48. The van der Waals surface area contributed by atoms with Crippen LogP contribution in [0.25, 0.3) is 0 Å². The molecule has 0 amide bonds. The van der Waals surface area contributed by atoms with Crippen LogP contribution < -0.4 is 0 Å². The van der Waals surface area contributed by atoms with Crippen LogP contribution in [0.5, 0.6) is 0 Å². The fourth-order valence-corrected chi connectivity index (χ4v) is 2.58. The largest absolute Gasteiger partial charge is 0.0839 e. The Bertz CT molecular complexity index is 285. The lowest BCUT2D eigenvalue weighted by Gasteiger charge is -2.09. The average molecular weight is 253 g/mol. The zero-order valence-corrected chi connectivity index (χ0v) is 10.3. The Morgan fingerprint density at radius 1 is 1.29 bits per heavy atom. The highest BCUT2D eigenvalue weighted by Gasteiger charge is 2.24. The van der Waals surface area contributed by atoms with E-state index in [1.165, 1.54) is 30.4 Å². The SMILES string of the molecule is CCc1ccc(C(Br)CC2CC2)cc1. The lowest BCUT2D eigenvalue weighted by molar-refractivity contribution is 0.721. The first kappa shape index (κ1) is 10.2. The van der Waals surface area contributed by atoms with Crippen LogP contribution in [0.1, 0.15) is 42.1 Å². The van der Waals surface area contributed by atoms with Crippen molar-refractivity contribution < 1.29 is 0 Å². The predicted molar refractivity (Wildman–Crippen MR) is 64.8 cm³/mol. The minimum absolute atomic E-state index is 0.570. The molecule has 0 N–H and O–H groups in total. The monoisotopic (exact) mass is 252 g/mol. The standard InChI is InChI=1S/C13H17Br/c1-2-10-5-7-12(8-6-10)13(14)9-11-3-4-11/h5-8,11,13H,2-4,9H2,1H3. The second-order valence-corrected chi connectivity index (χ2v) is 5.35. The first-order valence-electron chi connectivity index (χ1n) is 5.52. The van der Waals surface area contributed by atoms with Gasteiger partial charge in [0.2, 0.25) is 0 Å². The van der Waals surface area contributed by atoms with E-state index in [1.807, 2.05) is 0 Å². The molecule has 0 spiro atoms. The fraction of sp³-hybridized carbons (Fsp3) is 0.538. The summed E-state index contributed by atoms with van der Waals surface area (Å²) in [6.45, 7) is 2.20. The van der Waals surface area contributed by atoms with Gasteiger partial charge in [-0.2, -0.15) is 0 Å². The highest BCUT2D eigenvalue weighted by molar-refractivity contribution is 9.09. The van der Waals surface area contributed by atoms with Gasteiger partial charge in [0.05, 0.1) is 0 Å². The van der Waals surface area contributed by atoms with E-state index in [0.29, 0.717) is 4.83 Å². The van der Waals surface area contributed by atoms with Gasteiger partial charge in [0.1, 0.15) is 0 Å². The number of alkyl halides is 1. The third-order valence-electron chi connectivity index (χ3n) is 2.99. The Morgan fingerprint density at radius 2 is 1.93 bits per heavy atom. The molecule has 1 aromatic carbocycles. The summed E-state index contributed by atoms with van der Waals surface area (Å²) in [5.74, 6) is 0.991. The molecule has 0 heterocycles. The van der Waals surface area contributed by atoms with Gasteiger partial charge < -0.3 is 0 Å². The molecule has 0 saturated heterocycles. The number of hydrogen-bond donors (Lipinski definition) is 0. The Balaban J connectivity index is 1.99. The van der Waals surface area contributed by atoms with Gasteiger partial charge in [-0.3, -0.25) is 0 Å². The van der Waals surface area contributed by atoms with E-state index in [4.69, 9.17) is 0 Å². The van der Waals surface area contributed by atoms with Gasteiger partial charge in [-0.1, -0.05) is 60.0 Å². The van der Waals surface area contributed by atoms with Crippen LogP contribution in [0.15, 0.2) is 24.3 Å². The summed E-state index contributed by atoms with van der Waals surface area (Å²) in [5.41, 5.74) is 2.87. The maximum absolute atomic E-state index is 3.77. The zero-order chi connectivity index (χ0) is 9.97. The molecule has 0 aromatic heterocycles. The van der Waals surface area contributed by atoms with Gasteiger partial charge in [-0.25, -0.2) is 0 Å². The van der Waals surface area contributed by atoms with Crippen molar-refractivity contribution in [2.75, 3.05) is 0 Å². The molecular formula is C13H17Br. The van der Waals surface area contributed by atoms with E-state index >= 15 is 0 Å². The van der Waals surface area contributed by atoms with Crippen LogP contribution in [0.4, 0.5) is 0 Å². The van der Waals surface area contributed by atoms with Gasteiger partial charge in [0, 0.05) is 4.83 Å². The van der Waals surface area contributed by atoms with Gasteiger partial charge in [-0.05, 0) is 29.9 Å². The molecule has 0 radical (unpaired) electrons. The number of rotatable bonds is 4. The fourth-order valence-electron chi connectivity index (χ4n) is 1.74. The summed E-state index contributed by atoms with van der Waals surface area (Å²) >= 11 is 3.77. The van der Waals surface area contributed by atoms with Crippen molar-refractivity contribution in [3.63, 3.8) is 0 Å². The Labute approximate surface area is 94.8 Å². The minimum Gasteiger partial charge on any atom is -0.0839 e. The smallest absolute Gasteiger partial charge is 0.0397 e. The van der Waals surface area contributed by atoms with Gasteiger partial charge >= 0.3 is 0 Å². The molecule has 1 heteroatoms. The van der Waals surface area contributed by atoms with E-state index in [2.05, 4.69) is 47.1 Å².